The third kappa shape index (κ3) is 2.85. The predicted molar refractivity (Wildman–Crippen MR) is 77.2 cm³/mol. The van der Waals surface area contributed by atoms with Gasteiger partial charge < -0.3 is 9.47 Å². The summed E-state index contributed by atoms with van der Waals surface area (Å²) in [5, 5.41) is 0. The molecule has 0 spiro atoms. The summed E-state index contributed by atoms with van der Waals surface area (Å²) in [5.41, 5.74) is 2.07. The summed E-state index contributed by atoms with van der Waals surface area (Å²) in [5.74, 6) is 0.927. The average Bonchev–Trinajstić information content (AvgIpc) is 2.43. The summed E-state index contributed by atoms with van der Waals surface area (Å²) in [4.78, 5) is 16.9. The number of ether oxygens (including phenoxy) is 2. The molecule has 0 N–H and O–H groups in total. The molecule has 2 heterocycles. The number of carbonyl (C=O) groups is 1. The first-order valence-corrected chi connectivity index (χ1v) is 7.14. The number of hydrogen-bond acceptors (Lipinski definition) is 4. The first kappa shape index (κ1) is 15.0. The summed E-state index contributed by atoms with van der Waals surface area (Å²) in [6, 6.07) is 0. The van der Waals surface area contributed by atoms with E-state index in [4.69, 9.17) is 9.47 Å². The Kier molecular flexibility index (Phi) is 4.43. The van der Waals surface area contributed by atoms with E-state index >= 15 is 0 Å². The van der Waals surface area contributed by atoms with E-state index in [1.165, 1.54) is 0 Å². The standard InChI is InChI=1S/C16H23NO3/c1-11-10-17-13(12(2)15(11)19-4)9-14(18)16(3)7-5-6-8-20-16/h10H,5-9H2,1-4H3. The summed E-state index contributed by atoms with van der Waals surface area (Å²) in [6.07, 6.45) is 4.95. The molecule has 1 aromatic rings. The molecule has 0 bridgehead atoms. The zero-order chi connectivity index (χ0) is 14.8. The topological polar surface area (TPSA) is 48.4 Å². The number of aromatic nitrogens is 1. The van der Waals surface area contributed by atoms with Crippen molar-refractivity contribution in [3.63, 3.8) is 0 Å². The molecule has 0 amide bonds. The predicted octanol–water partition coefficient (Wildman–Crippen LogP) is 2.78. The fourth-order valence-electron chi connectivity index (χ4n) is 2.74. The molecular formula is C16H23NO3. The molecule has 1 saturated heterocycles. The highest BCUT2D eigenvalue weighted by Gasteiger charge is 2.36. The van der Waals surface area contributed by atoms with Crippen LogP contribution in [0.2, 0.25) is 0 Å². The van der Waals surface area contributed by atoms with Crippen molar-refractivity contribution in [2.75, 3.05) is 13.7 Å². The minimum atomic E-state index is -0.648. The Hall–Kier alpha value is -1.42. The monoisotopic (exact) mass is 277 g/mol. The maximum atomic E-state index is 12.5. The first-order valence-electron chi connectivity index (χ1n) is 7.14. The SMILES string of the molecule is COc1c(C)cnc(CC(=O)C2(C)CCCCO2)c1C. The Morgan fingerprint density at radius 2 is 2.20 bits per heavy atom. The highest BCUT2D eigenvalue weighted by molar-refractivity contribution is 5.89. The van der Waals surface area contributed by atoms with Gasteiger partial charge in [0.15, 0.2) is 5.78 Å². The van der Waals surface area contributed by atoms with E-state index in [9.17, 15) is 4.79 Å². The van der Waals surface area contributed by atoms with Crippen molar-refractivity contribution in [1.29, 1.82) is 0 Å². The molecule has 1 atom stereocenters. The summed E-state index contributed by atoms with van der Waals surface area (Å²) >= 11 is 0. The van der Waals surface area contributed by atoms with Crippen molar-refractivity contribution in [3.8, 4) is 5.75 Å². The van der Waals surface area contributed by atoms with Crippen LogP contribution in [0.15, 0.2) is 6.20 Å². The van der Waals surface area contributed by atoms with Crippen LogP contribution in [0.1, 0.15) is 43.0 Å². The van der Waals surface area contributed by atoms with Crippen molar-refractivity contribution in [2.24, 2.45) is 0 Å². The molecule has 0 saturated carbocycles. The fraction of sp³-hybridized carbons (Fsp3) is 0.625. The van der Waals surface area contributed by atoms with E-state index in [0.717, 1.165) is 41.8 Å². The van der Waals surface area contributed by atoms with E-state index in [1.54, 1.807) is 13.3 Å². The molecule has 0 radical (unpaired) electrons. The molecule has 0 aliphatic carbocycles. The van der Waals surface area contributed by atoms with Crippen LogP contribution < -0.4 is 4.74 Å². The first-order chi connectivity index (χ1) is 9.48. The van der Waals surface area contributed by atoms with Crippen LogP contribution in [0, 0.1) is 13.8 Å². The smallest absolute Gasteiger partial charge is 0.170 e. The Morgan fingerprint density at radius 3 is 2.80 bits per heavy atom. The van der Waals surface area contributed by atoms with Crippen molar-refractivity contribution >= 4 is 5.78 Å². The fourth-order valence-corrected chi connectivity index (χ4v) is 2.74. The van der Waals surface area contributed by atoms with E-state index in [1.807, 2.05) is 20.8 Å². The van der Waals surface area contributed by atoms with E-state index in [2.05, 4.69) is 4.98 Å². The molecule has 0 aromatic carbocycles. The van der Waals surface area contributed by atoms with E-state index in [-0.39, 0.29) is 5.78 Å². The Labute approximate surface area is 120 Å². The van der Waals surface area contributed by atoms with Crippen LogP contribution in [0.3, 0.4) is 0 Å². The average molecular weight is 277 g/mol. The highest BCUT2D eigenvalue weighted by Crippen LogP contribution is 2.29. The quantitative estimate of drug-likeness (QED) is 0.849. The zero-order valence-electron chi connectivity index (χ0n) is 12.8. The van der Waals surface area contributed by atoms with Gasteiger partial charge >= 0.3 is 0 Å². The lowest BCUT2D eigenvalue weighted by Gasteiger charge is -2.32. The Morgan fingerprint density at radius 1 is 1.45 bits per heavy atom. The number of pyridine rings is 1. The molecule has 1 aromatic heterocycles. The van der Waals surface area contributed by atoms with Crippen LogP contribution in [0.25, 0.3) is 0 Å². The minimum Gasteiger partial charge on any atom is -0.496 e. The van der Waals surface area contributed by atoms with Gasteiger partial charge in [-0.05, 0) is 40.0 Å². The number of methoxy groups -OCH3 is 1. The largest absolute Gasteiger partial charge is 0.496 e. The third-order valence-electron chi connectivity index (χ3n) is 4.14. The molecule has 20 heavy (non-hydrogen) atoms. The summed E-state index contributed by atoms with van der Waals surface area (Å²) < 4.78 is 11.1. The van der Waals surface area contributed by atoms with Gasteiger partial charge in [0.25, 0.3) is 0 Å². The normalized spacial score (nSPS) is 22.6. The zero-order valence-corrected chi connectivity index (χ0v) is 12.8. The highest BCUT2D eigenvalue weighted by atomic mass is 16.5. The second-order valence-corrected chi connectivity index (χ2v) is 5.68. The van der Waals surface area contributed by atoms with Crippen molar-refractivity contribution < 1.29 is 14.3 Å². The van der Waals surface area contributed by atoms with Gasteiger partial charge in [-0.3, -0.25) is 9.78 Å². The summed E-state index contributed by atoms with van der Waals surface area (Å²) in [6.45, 7) is 6.47. The van der Waals surface area contributed by atoms with Gasteiger partial charge in [-0.25, -0.2) is 0 Å². The number of carbonyl (C=O) groups excluding carboxylic acids is 1. The minimum absolute atomic E-state index is 0.110. The van der Waals surface area contributed by atoms with Crippen LogP contribution in [0.5, 0.6) is 5.75 Å². The summed E-state index contributed by atoms with van der Waals surface area (Å²) in [7, 11) is 1.65. The van der Waals surface area contributed by atoms with Gasteiger partial charge in [-0.15, -0.1) is 0 Å². The maximum Gasteiger partial charge on any atom is 0.170 e. The van der Waals surface area contributed by atoms with Crippen molar-refractivity contribution in [2.45, 2.75) is 52.1 Å². The van der Waals surface area contributed by atoms with Gasteiger partial charge in [-0.2, -0.15) is 0 Å². The van der Waals surface area contributed by atoms with Gasteiger partial charge in [0.1, 0.15) is 11.4 Å². The van der Waals surface area contributed by atoms with Crippen molar-refractivity contribution in [1.82, 2.24) is 4.98 Å². The number of nitrogens with zero attached hydrogens (tertiary/aromatic N) is 1. The van der Waals surface area contributed by atoms with Crippen LogP contribution in [-0.4, -0.2) is 30.1 Å². The molecule has 4 nitrogen and oxygen atoms in total. The molecule has 1 aliphatic rings. The third-order valence-corrected chi connectivity index (χ3v) is 4.14. The Balaban J connectivity index is 2.19. The number of hydrogen-bond donors (Lipinski definition) is 0. The lowest BCUT2D eigenvalue weighted by atomic mass is 9.88. The number of ketones is 1. The lowest BCUT2D eigenvalue weighted by Crippen LogP contribution is -2.42. The van der Waals surface area contributed by atoms with E-state index < -0.39 is 5.60 Å². The van der Waals surface area contributed by atoms with Crippen LogP contribution in [-0.2, 0) is 16.0 Å². The molecule has 4 heteroatoms. The number of rotatable bonds is 4. The second kappa shape index (κ2) is 5.92. The van der Waals surface area contributed by atoms with Crippen LogP contribution >= 0.6 is 0 Å². The van der Waals surface area contributed by atoms with E-state index in [0.29, 0.717) is 13.0 Å². The van der Waals surface area contributed by atoms with Gasteiger partial charge in [-0.1, -0.05) is 0 Å². The molecule has 110 valence electrons. The molecule has 1 aliphatic heterocycles. The molecule has 2 rings (SSSR count). The van der Waals surface area contributed by atoms with Gasteiger partial charge in [0, 0.05) is 23.9 Å². The molecular weight excluding hydrogens is 254 g/mol. The lowest BCUT2D eigenvalue weighted by molar-refractivity contribution is -0.147. The van der Waals surface area contributed by atoms with Crippen LogP contribution in [0.4, 0.5) is 0 Å². The number of aryl methyl sites for hydroxylation is 1. The van der Waals surface area contributed by atoms with Gasteiger partial charge in [0.2, 0.25) is 0 Å². The Bertz CT molecular complexity index is 505. The molecule has 1 unspecified atom stereocenters. The van der Waals surface area contributed by atoms with Gasteiger partial charge in [0.05, 0.1) is 19.2 Å². The molecule has 1 fully saturated rings. The van der Waals surface area contributed by atoms with Crippen molar-refractivity contribution in [3.05, 3.63) is 23.0 Å². The number of Topliss-reactive ketones (excluding diaryl/α,β-unsaturated/α-hetero) is 1. The second-order valence-electron chi connectivity index (χ2n) is 5.68. The maximum absolute atomic E-state index is 12.5.